The number of aromatic nitrogens is 1. The molecule has 1 atom stereocenters. The Morgan fingerprint density at radius 1 is 1.24 bits per heavy atom. The lowest BCUT2D eigenvalue weighted by Crippen LogP contribution is -2.19. The quantitative estimate of drug-likeness (QED) is 0.700. The van der Waals surface area contributed by atoms with E-state index in [1.807, 2.05) is 0 Å². The molecule has 0 spiro atoms. The van der Waals surface area contributed by atoms with Crippen LogP contribution in [0.1, 0.15) is 54.8 Å². The molecule has 0 fully saturated rings. The average Bonchev–Trinajstić information content (AvgIpc) is 3.37. The van der Waals surface area contributed by atoms with Crippen LogP contribution in [0.2, 0.25) is 0 Å². The van der Waals surface area contributed by atoms with E-state index in [-0.39, 0.29) is 16.8 Å². The Balaban J connectivity index is 1.67. The number of urea groups is 1. The number of anilines is 1. The van der Waals surface area contributed by atoms with Gasteiger partial charge in [-0.15, -0.1) is 4.36 Å². The molecule has 0 aliphatic heterocycles. The highest BCUT2D eigenvalue weighted by molar-refractivity contribution is 7.91. The molecule has 4 rings (SSSR count). The number of nitrogens with zero attached hydrogens (tertiary/aromatic N) is 2. The zero-order valence-corrected chi connectivity index (χ0v) is 17.1. The van der Waals surface area contributed by atoms with Crippen molar-refractivity contribution in [2.75, 3.05) is 5.32 Å². The maximum absolute atomic E-state index is 14.7. The van der Waals surface area contributed by atoms with Gasteiger partial charge < -0.3 is 14.8 Å². The molecule has 29 heavy (non-hydrogen) atoms. The van der Waals surface area contributed by atoms with Gasteiger partial charge in [0, 0.05) is 5.69 Å². The Bertz CT molecular complexity index is 1090. The molecule has 0 saturated heterocycles. The highest BCUT2D eigenvalue weighted by Crippen LogP contribution is 2.41. The fourth-order valence-corrected chi connectivity index (χ4v) is 4.80. The van der Waals surface area contributed by atoms with Gasteiger partial charge in [-0.1, -0.05) is 0 Å². The third-order valence-electron chi connectivity index (χ3n) is 5.32. The number of nitrogens with one attached hydrogen (secondary N) is 1. The molecule has 2 amide bonds. The minimum atomic E-state index is -3.71. The fraction of sp³-hybridized carbons (Fsp3) is 0.474. The van der Waals surface area contributed by atoms with Crippen molar-refractivity contribution in [3.63, 3.8) is 0 Å². The second-order valence-electron chi connectivity index (χ2n) is 7.94. The Morgan fingerprint density at radius 3 is 2.31 bits per heavy atom. The number of oxazole rings is 1. The molecule has 0 radical (unpaired) electrons. The van der Waals surface area contributed by atoms with Gasteiger partial charge in [-0.3, -0.25) is 0 Å². The Kier molecular flexibility index (Phi) is 4.75. The van der Waals surface area contributed by atoms with Crippen molar-refractivity contribution in [3.05, 3.63) is 40.2 Å². The first kappa shape index (κ1) is 20.0. The van der Waals surface area contributed by atoms with Crippen LogP contribution in [0.3, 0.4) is 0 Å². The van der Waals surface area contributed by atoms with E-state index < -0.39 is 21.5 Å². The maximum atomic E-state index is 14.7. The molecule has 2 aliphatic carbocycles. The largest absolute Gasteiger partial charge is 0.426 e. The smallest absolute Gasteiger partial charge is 0.354 e. The fourth-order valence-electron chi connectivity index (χ4n) is 4.01. The van der Waals surface area contributed by atoms with Crippen LogP contribution in [0.25, 0.3) is 0 Å². The lowest BCUT2D eigenvalue weighted by Gasteiger charge is -2.16. The molecular weight excluding hydrogens is 399 g/mol. The lowest BCUT2D eigenvalue weighted by atomic mass is 9.98. The standard InChI is InChI=1S/C19H23FN4O4S/c1-19(2,26)17-22-9-14(28-17)29(21,27)24-18(25)23-16-12-7-3-5-10(12)15(20)11-6-4-8-13(11)16/h9,26H,3-8H2,1-2H3,(H3,21,23,24,25,27). The SMILES string of the molecule is CC(C)(O)c1ncc(S(N)(=O)=NC(=O)Nc2c3c(c(F)c4c2CCC4)CCC3)o1. The number of halogens is 1. The van der Waals surface area contributed by atoms with Crippen molar-refractivity contribution in [2.45, 2.75) is 63.1 Å². The molecule has 2 aromatic rings. The first-order chi connectivity index (χ1) is 13.6. The van der Waals surface area contributed by atoms with Gasteiger partial charge in [-0.05, 0) is 74.6 Å². The van der Waals surface area contributed by atoms with Crippen LogP contribution in [-0.4, -0.2) is 20.3 Å². The van der Waals surface area contributed by atoms with Crippen molar-refractivity contribution in [2.24, 2.45) is 9.50 Å². The number of carbonyl (C=O) groups excluding carboxylic acids is 1. The molecule has 156 valence electrons. The summed E-state index contributed by atoms with van der Waals surface area (Å²) in [5.41, 5.74) is 2.06. The molecule has 10 heteroatoms. The summed E-state index contributed by atoms with van der Waals surface area (Å²) in [7, 11) is -3.71. The van der Waals surface area contributed by atoms with Crippen LogP contribution in [0.5, 0.6) is 0 Å². The van der Waals surface area contributed by atoms with Gasteiger partial charge in [-0.25, -0.2) is 23.5 Å². The van der Waals surface area contributed by atoms with Gasteiger partial charge in [0.1, 0.15) is 11.4 Å². The zero-order chi connectivity index (χ0) is 21.0. The predicted octanol–water partition coefficient (Wildman–Crippen LogP) is 2.95. The number of nitrogens with two attached hydrogens (primary N) is 1. The molecule has 1 unspecified atom stereocenters. The van der Waals surface area contributed by atoms with Crippen molar-refractivity contribution >= 4 is 21.6 Å². The van der Waals surface area contributed by atoms with Crippen molar-refractivity contribution in [3.8, 4) is 0 Å². The van der Waals surface area contributed by atoms with Gasteiger partial charge in [-0.2, -0.15) is 0 Å². The summed E-state index contributed by atoms with van der Waals surface area (Å²) < 4.78 is 36.3. The van der Waals surface area contributed by atoms with E-state index in [2.05, 4.69) is 14.7 Å². The van der Waals surface area contributed by atoms with Crippen molar-refractivity contribution in [1.29, 1.82) is 0 Å². The van der Waals surface area contributed by atoms with E-state index in [1.165, 1.54) is 13.8 Å². The van der Waals surface area contributed by atoms with E-state index in [9.17, 15) is 18.5 Å². The van der Waals surface area contributed by atoms with E-state index in [0.29, 0.717) is 42.5 Å². The zero-order valence-electron chi connectivity index (χ0n) is 16.2. The second-order valence-corrected chi connectivity index (χ2v) is 9.67. The van der Waals surface area contributed by atoms with Crippen LogP contribution in [-0.2, 0) is 41.2 Å². The number of amides is 2. The van der Waals surface area contributed by atoms with E-state index in [4.69, 9.17) is 9.56 Å². The van der Waals surface area contributed by atoms with E-state index in [0.717, 1.165) is 30.2 Å². The minimum absolute atomic E-state index is 0.0875. The lowest BCUT2D eigenvalue weighted by molar-refractivity contribution is 0.0446. The van der Waals surface area contributed by atoms with Gasteiger partial charge >= 0.3 is 6.03 Å². The minimum Gasteiger partial charge on any atom is -0.426 e. The second kappa shape index (κ2) is 6.89. The Labute approximate surface area is 168 Å². The number of rotatable bonds is 3. The van der Waals surface area contributed by atoms with Gasteiger partial charge in [0.05, 0.1) is 6.20 Å². The third kappa shape index (κ3) is 3.56. The highest BCUT2D eigenvalue weighted by Gasteiger charge is 2.30. The van der Waals surface area contributed by atoms with Crippen molar-refractivity contribution in [1.82, 2.24) is 4.98 Å². The Hall–Kier alpha value is -2.30. The van der Waals surface area contributed by atoms with Gasteiger partial charge in [0.2, 0.25) is 11.0 Å². The summed E-state index contributed by atoms with van der Waals surface area (Å²) in [5.74, 6) is -0.237. The van der Waals surface area contributed by atoms with Crippen LogP contribution in [0, 0.1) is 5.82 Å². The number of carbonyl (C=O) groups is 1. The maximum Gasteiger partial charge on any atom is 0.354 e. The summed E-state index contributed by atoms with van der Waals surface area (Å²) in [4.78, 5) is 16.4. The first-order valence-corrected chi connectivity index (χ1v) is 11.1. The van der Waals surface area contributed by atoms with Crippen LogP contribution in [0.4, 0.5) is 14.9 Å². The van der Waals surface area contributed by atoms with Crippen LogP contribution >= 0.6 is 0 Å². The number of aliphatic hydroxyl groups is 1. The molecule has 0 bridgehead atoms. The molecule has 4 N–H and O–H groups in total. The molecular formula is C19H23FN4O4S. The molecule has 1 heterocycles. The van der Waals surface area contributed by atoms with Gasteiger partial charge in [0.25, 0.3) is 0 Å². The van der Waals surface area contributed by atoms with Crippen LogP contribution < -0.4 is 10.5 Å². The first-order valence-electron chi connectivity index (χ1n) is 9.47. The number of fused-ring (bicyclic) bond motifs is 2. The Morgan fingerprint density at radius 2 is 1.79 bits per heavy atom. The average molecular weight is 422 g/mol. The molecule has 0 saturated carbocycles. The summed E-state index contributed by atoms with van der Waals surface area (Å²) in [6, 6.07) is -0.895. The number of benzene rings is 1. The molecule has 1 aromatic heterocycles. The summed E-state index contributed by atoms with van der Waals surface area (Å²) in [6.45, 7) is 2.89. The number of hydrogen-bond donors (Lipinski definition) is 3. The molecule has 8 nitrogen and oxygen atoms in total. The van der Waals surface area contributed by atoms with Gasteiger partial charge in [0.15, 0.2) is 9.92 Å². The van der Waals surface area contributed by atoms with Crippen LogP contribution in [0.15, 0.2) is 20.1 Å². The number of hydrogen-bond acceptors (Lipinski definition) is 5. The van der Waals surface area contributed by atoms with Crippen molar-refractivity contribution < 1.29 is 22.9 Å². The predicted molar refractivity (Wildman–Crippen MR) is 104 cm³/mol. The monoisotopic (exact) mass is 422 g/mol. The summed E-state index contributed by atoms with van der Waals surface area (Å²) in [6.07, 6.45) is 5.34. The van der Waals surface area contributed by atoms with E-state index in [1.54, 1.807) is 0 Å². The molecule has 1 aromatic carbocycles. The summed E-state index contributed by atoms with van der Waals surface area (Å²) in [5, 5.41) is 18.0. The topological polar surface area (TPSA) is 131 Å². The summed E-state index contributed by atoms with van der Waals surface area (Å²) >= 11 is 0. The molecule has 2 aliphatic rings. The van der Waals surface area contributed by atoms with E-state index >= 15 is 0 Å². The third-order valence-corrected chi connectivity index (χ3v) is 6.52. The normalized spacial score (nSPS) is 17.6. The highest BCUT2D eigenvalue weighted by atomic mass is 32.2.